The summed E-state index contributed by atoms with van der Waals surface area (Å²) in [6, 6.07) is 1.64. The zero-order chi connectivity index (χ0) is 8.27. The maximum Gasteiger partial charge on any atom is 0.239 e. The molecular formula is C6H11N5. The highest BCUT2D eigenvalue weighted by Gasteiger charge is 1.94. The number of nitrogens with two attached hydrogens (primary N) is 1. The van der Waals surface area contributed by atoms with Gasteiger partial charge in [-0.3, -0.25) is 5.43 Å². The third-order valence-corrected chi connectivity index (χ3v) is 1.00. The molecule has 3 N–H and O–H groups in total. The van der Waals surface area contributed by atoms with Crippen molar-refractivity contribution in [3.8, 4) is 0 Å². The zero-order valence-electron chi connectivity index (χ0n) is 6.57. The van der Waals surface area contributed by atoms with Crippen molar-refractivity contribution in [2.75, 3.05) is 25.3 Å². The van der Waals surface area contributed by atoms with Crippen LogP contribution in [0.5, 0.6) is 0 Å². The summed E-state index contributed by atoms with van der Waals surface area (Å²) in [5.41, 5.74) is 8.30. The van der Waals surface area contributed by atoms with E-state index in [2.05, 4.69) is 15.4 Å². The van der Waals surface area contributed by atoms with Crippen molar-refractivity contribution in [3.63, 3.8) is 0 Å². The quantitative estimate of drug-likeness (QED) is 0.583. The highest BCUT2D eigenvalue weighted by Crippen LogP contribution is 2.00. The summed E-state index contributed by atoms with van der Waals surface area (Å²) in [6.45, 7) is 0. The van der Waals surface area contributed by atoms with E-state index in [-0.39, 0.29) is 0 Å². The van der Waals surface area contributed by atoms with Crippen LogP contribution in [-0.4, -0.2) is 29.1 Å². The van der Waals surface area contributed by atoms with Crippen LogP contribution in [0.25, 0.3) is 0 Å². The van der Waals surface area contributed by atoms with E-state index in [4.69, 9.17) is 5.73 Å². The molecule has 0 bridgehead atoms. The van der Waals surface area contributed by atoms with Gasteiger partial charge in [-0.15, -0.1) is 0 Å². The van der Waals surface area contributed by atoms with Gasteiger partial charge in [0.2, 0.25) is 5.95 Å². The van der Waals surface area contributed by atoms with Gasteiger partial charge in [0, 0.05) is 20.3 Å². The standard InChI is InChI=1S/C6H11N5/c1-11(2)10-6-8-4-3-5(7)9-6/h3-4H,1-2H3,(H3,7,8,9,10). The van der Waals surface area contributed by atoms with E-state index >= 15 is 0 Å². The van der Waals surface area contributed by atoms with E-state index < -0.39 is 0 Å². The molecule has 0 atom stereocenters. The Morgan fingerprint density at radius 2 is 2.27 bits per heavy atom. The lowest BCUT2D eigenvalue weighted by molar-refractivity contribution is 0.489. The van der Waals surface area contributed by atoms with E-state index in [1.54, 1.807) is 17.3 Å². The van der Waals surface area contributed by atoms with Crippen molar-refractivity contribution < 1.29 is 0 Å². The van der Waals surface area contributed by atoms with Crippen LogP contribution >= 0.6 is 0 Å². The third-order valence-electron chi connectivity index (χ3n) is 1.00. The van der Waals surface area contributed by atoms with Crippen LogP contribution in [0.3, 0.4) is 0 Å². The van der Waals surface area contributed by atoms with Gasteiger partial charge < -0.3 is 5.73 Å². The lowest BCUT2D eigenvalue weighted by atomic mass is 10.6. The predicted molar refractivity (Wildman–Crippen MR) is 43.8 cm³/mol. The molecule has 1 aromatic heterocycles. The van der Waals surface area contributed by atoms with Gasteiger partial charge in [0.15, 0.2) is 0 Å². The number of hydrogen-bond acceptors (Lipinski definition) is 5. The summed E-state index contributed by atoms with van der Waals surface area (Å²) < 4.78 is 0. The molecule has 0 aliphatic rings. The van der Waals surface area contributed by atoms with Gasteiger partial charge in [0.25, 0.3) is 0 Å². The Morgan fingerprint density at radius 3 is 2.82 bits per heavy atom. The molecule has 0 unspecified atom stereocenters. The van der Waals surface area contributed by atoms with Crippen molar-refractivity contribution >= 4 is 11.8 Å². The highest BCUT2D eigenvalue weighted by atomic mass is 15.5. The Morgan fingerprint density at radius 1 is 1.55 bits per heavy atom. The molecule has 0 fully saturated rings. The largest absolute Gasteiger partial charge is 0.384 e. The van der Waals surface area contributed by atoms with Crippen molar-refractivity contribution in [1.82, 2.24) is 15.0 Å². The highest BCUT2D eigenvalue weighted by molar-refractivity contribution is 5.33. The molecule has 0 radical (unpaired) electrons. The summed E-state index contributed by atoms with van der Waals surface area (Å²) >= 11 is 0. The van der Waals surface area contributed by atoms with Crippen LogP contribution < -0.4 is 11.2 Å². The summed E-state index contributed by atoms with van der Waals surface area (Å²) in [6.07, 6.45) is 1.61. The summed E-state index contributed by atoms with van der Waals surface area (Å²) in [5.74, 6) is 0.972. The Kier molecular flexibility index (Phi) is 2.22. The molecule has 1 rings (SSSR count). The Bertz CT molecular complexity index is 234. The van der Waals surface area contributed by atoms with E-state index in [1.807, 2.05) is 14.1 Å². The number of nitrogen functional groups attached to an aromatic ring is 1. The van der Waals surface area contributed by atoms with Crippen LogP contribution in [0, 0.1) is 0 Å². The van der Waals surface area contributed by atoms with Gasteiger partial charge in [0.1, 0.15) is 5.82 Å². The van der Waals surface area contributed by atoms with E-state index in [1.165, 1.54) is 0 Å². The van der Waals surface area contributed by atoms with Gasteiger partial charge in [-0.1, -0.05) is 0 Å². The van der Waals surface area contributed by atoms with Gasteiger partial charge in [-0.2, -0.15) is 4.98 Å². The monoisotopic (exact) mass is 153 g/mol. The maximum atomic E-state index is 5.42. The summed E-state index contributed by atoms with van der Waals surface area (Å²) in [5, 5.41) is 1.74. The van der Waals surface area contributed by atoms with Crippen LogP contribution in [0.15, 0.2) is 12.3 Å². The van der Waals surface area contributed by atoms with E-state index in [0.29, 0.717) is 11.8 Å². The van der Waals surface area contributed by atoms with Gasteiger partial charge in [-0.05, 0) is 6.07 Å². The minimum Gasteiger partial charge on any atom is -0.384 e. The minimum absolute atomic E-state index is 0.462. The molecular weight excluding hydrogens is 142 g/mol. The molecule has 0 spiro atoms. The van der Waals surface area contributed by atoms with E-state index in [9.17, 15) is 0 Å². The Balaban J connectivity index is 2.71. The summed E-state index contributed by atoms with van der Waals surface area (Å²) in [7, 11) is 3.71. The first-order valence-electron chi connectivity index (χ1n) is 3.21. The van der Waals surface area contributed by atoms with Crippen molar-refractivity contribution in [1.29, 1.82) is 0 Å². The minimum atomic E-state index is 0.462. The van der Waals surface area contributed by atoms with Crippen molar-refractivity contribution in [2.45, 2.75) is 0 Å². The molecule has 0 aliphatic heterocycles. The molecule has 1 aromatic rings. The number of rotatable bonds is 2. The number of nitrogens with one attached hydrogen (secondary N) is 1. The molecule has 1 heterocycles. The molecule has 5 nitrogen and oxygen atoms in total. The smallest absolute Gasteiger partial charge is 0.239 e. The van der Waals surface area contributed by atoms with Crippen LogP contribution in [0.2, 0.25) is 0 Å². The van der Waals surface area contributed by atoms with Gasteiger partial charge in [-0.25, -0.2) is 9.99 Å². The number of nitrogens with zero attached hydrogens (tertiary/aromatic N) is 3. The lowest BCUT2D eigenvalue weighted by Crippen LogP contribution is -2.21. The molecule has 0 aromatic carbocycles. The second-order valence-electron chi connectivity index (χ2n) is 2.31. The van der Waals surface area contributed by atoms with Crippen LogP contribution in [-0.2, 0) is 0 Å². The molecule has 0 saturated heterocycles. The number of anilines is 2. The normalized spacial score (nSPS) is 10.1. The zero-order valence-corrected chi connectivity index (χ0v) is 6.57. The van der Waals surface area contributed by atoms with Crippen LogP contribution in [0.1, 0.15) is 0 Å². The third kappa shape index (κ3) is 2.38. The first-order chi connectivity index (χ1) is 5.18. The molecule has 11 heavy (non-hydrogen) atoms. The molecule has 60 valence electrons. The fraction of sp³-hybridized carbons (Fsp3) is 0.333. The predicted octanol–water partition coefficient (Wildman–Crippen LogP) is -0.0527. The van der Waals surface area contributed by atoms with Crippen molar-refractivity contribution in [2.24, 2.45) is 0 Å². The topological polar surface area (TPSA) is 67.1 Å². The molecule has 0 aliphatic carbocycles. The fourth-order valence-corrected chi connectivity index (χ4v) is 0.627. The molecule has 0 amide bonds. The first-order valence-corrected chi connectivity index (χ1v) is 3.21. The second-order valence-corrected chi connectivity index (χ2v) is 2.31. The second kappa shape index (κ2) is 3.16. The number of hydrazine groups is 1. The average Bonchev–Trinajstić information content (AvgIpc) is 1.85. The summed E-state index contributed by atoms with van der Waals surface area (Å²) in [4.78, 5) is 7.86. The van der Waals surface area contributed by atoms with Gasteiger partial charge >= 0.3 is 0 Å². The Labute approximate surface area is 65.2 Å². The molecule has 0 saturated carbocycles. The lowest BCUT2D eigenvalue weighted by Gasteiger charge is -2.10. The van der Waals surface area contributed by atoms with Crippen molar-refractivity contribution in [3.05, 3.63) is 12.3 Å². The Hall–Kier alpha value is -1.36. The SMILES string of the molecule is CN(C)Nc1nccc(N)n1. The molecule has 5 heteroatoms. The average molecular weight is 153 g/mol. The van der Waals surface area contributed by atoms with Gasteiger partial charge in [0.05, 0.1) is 0 Å². The number of hydrogen-bond donors (Lipinski definition) is 2. The fourth-order valence-electron chi connectivity index (χ4n) is 0.627. The maximum absolute atomic E-state index is 5.42. The van der Waals surface area contributed by atoms with Crippen LogP contribution in [0.4, 0.5) is 11.8 Å². The first kappa shape index (κ1) is 7.74. The number of aromatic nitrogens is 2. The van der Waals surface area contributed by atoms with E-state index in [0.717, 1.165) is 0 Å².